The Bertz CT molecular complexity index is 387. The minimum absolute atomic E-state index is 0.183. The molecule has 1 aromatic rings. The molecule has 1 amide bonds. The van der Waals surface area contributed by atoms with Crippen LogP contribution >= 0.6 is 0 Å². The number of amides is 1. The summed E-state index contributed by atoms with van der Waals surface area (Å²) in [5.41, 5.74) is -0.881. The summed E-state index contributed by atoms with van der Waals surface area (Å²) >= 11 is 0. The van der Waals surface area contributed by atoms with Crippen LogP contribution in [0.1, 0.15) is 12.8 Å². The number of para-hydroxylation sites is 1. The van der Waals surface area contributed by atoms with Gasteiger partial charge in [0, 0.05) is 32.6 Å². The van der Waals surface area contributed by atoms with Gasteiger partial charge in [0.25, 0.3) is 0 Å². The lowest BCUT2D eigenvalue weighted by molar-refractivity contribution is -0.0605. The summed E-state index contributed by atoms with van der Waals surface area (Å²) in [4.78, 5) is 11.5. The molecule has 98 valence electrons. The minimum atomic E-state index is -0.881. The van der Waals surface area contributed by atoms with Crippen LogP contribution in [0.5, 0.6) is 5.75 Å². The Morgan fingerprint density at radius 3 is 2.67 bits per heavy atom. The Kier molecular flexibility index (Phi) is 4.17. The van der Waals surface area contributed by atoms with E-state index in [1.165, 1.54) is 0 Å². The summed E-state index contributed by atoms with van der Waals surface area (Å²) < 4.78 is 10.2. The molecule has 0 bridgehead atoms. The maximum absolute atomic E-state index is 11.5. The predicted molar refractivity (Wildman–Crippen MR) is 65.5 cm³/mol. The normalized spacial score (nSPS) is 18.1. The van der Waals surface area contributed by atoms with E-state index in [9.17, 15) is 9.90 Å². The number of carbonyl (C=O) groups excluding carboxylic acids is 1. The highest BCUT2D eigenvalue weighted by Gasteiger charge is 2.30. The first-order valence-electron chi connectivity index (χ1n) is 5.99. The molecule has 1 fully saturated rings. The zero-order chi connectivity index (χ0) is 12.8. The second-order valence-electron chi connectivity index (χ2n) is 4.39. The molecule has 0 spiro atoms. The van der Waals surface area contributed by atoms with E-state index in [4.69, 9.17) is 9.47 Å². The zero-order valence-corrected chi connectivity index (χ0v) is 10.1. The van der Waals surface area contributed by atoms with Gasteiger partial charge in [-0.05, 0) is 12.1 Å². The van der Waals surface area contributed by atoms with Gasteiger partial charge in [-0.1, -0.05) is 18.2 Å². The Morgan fingerprint density at radius 2 is 2.00 bits per heavy atom. The smallest absolute Gasteiger partial charge is 0.410 e. The van der Waals surface area contributed by atoms with E-state index in [-0.39, 0.29) is 6.54 Å². The third kappa shape index (κ3) is 3.72. The molecule has 5 heteroatoms. The van der Waals surface area contributed by atoms with Gasteiger partial charge in [-0.3, -0.25) is 0 Å². The molecule has 0 aliphatic carbocycles. The number of hydrogen-bond donors (Lipinski definition) is 2. The molecular weight excluding hydrogens is 234 g/mol. The molecule has 0 radical (unpaired) electrons. The first-order chi connectivity index (χ1) is 8.68. The van der Waals surface area contributed by atoms with E-state index in [2.05, 4.69) is 5.32 Å². The summed E-state index contributed by atoms with van der Waals surface area (Å²) in [6, 6.07) is 8.81. The fraction of sp³-hybridized carbons (Fsp3) is 0.462. The molecule has 2 rings (SSSR count). The van der Waals surface area contributed by atoms with Gasteiger partial charge in [-0.15, -0.1) is 0 Å². The van der Waals surface area contributed by atoms with Crippen LogP contribution in [0.25, 0.3) is 0 Å². The number of rotatable bonds is 3. The van der Waals surface area contributed by atoms with Gasteiger partial charge in [-0.25, -0.2) is 4.79 Å². The van der Waals surface area contributed by atoms with Crippen molar-refractivity contribution < 1.29 is 19.4 Å². The minimum Gasteiger partial charge on any atom is -0.410 e. The number of carbonyl (C=O) groups is 1. The summed E-state index contributed by atoms with van der Waals surface area (Å²) in [7, 11) is 0. The van der Waals surface area contributed by atoms with Crippen LogP contribution in [0.2, 0.25) is 0 Å². The highest BCUT2D eigenvalue weighted by atomic mass is 16.6. The van der Waals surface area contributed by atoms with Crippen molar-refractivity contribution in [3.8, 4) is 5.75 Å². The first kappa shape index (κ1) is 12.9. The van der Waals surface area contributed by atoms with Gasteiger partial charge in [0.2, 0.25) is 0 Å². The van der Waals surface area contributed by atoms with Gasteiger partial charge in [0.05, 0.1) is 5.60 Å². The number of benzene rings is 1. The predicted octanol–water partition coefficient (Wildman–Crippen LogP) is 1.32. The second kappa shape index (κ2) is 5.84. The fourth-order valence-corrected chi connectivity index (χ4v) is 1.80. The molecular formula is C13H17NO4. The zero-order valence-electron chi connectivity index (χ0n) is 10.1. The van der Waals surface area contributed by atoms with Gasteiger partial charge < -0.3 is 19.9 Å². The Morgan fingerprint density at radius 1 is 1.33 bits per heavy atom. The van der Waals surface area contributed by atoms with Crippen LogP contribution in [0, 0.1) is 0 Å². The number of aliphatic hydroxyl groups is 1. The van der Waals surface area contributed by atoms with Crippen molar-refractivity contribution in [3.63, 3.8) is 0 Å². The Balaban J connectivity index is 1.78. The van der Waals surface area contributed by atoms with Crippen molar-refractivity contribution in [1.29, 1.82) is 0 Å². The van der Waals surface area contributed by atoms with Crippen LogP contribution in [-0.4, -0.2) is 36.6 Å². The van der Waals surface area contributed by atoms with Gasteiger partial charge in [0.15, 0.2) is 0 Å². The molecule has 5 nitrogen and oxygen atoms in total. The van der Waals surface area contributed by atoms with Crippen molar-refractivity contribution in [2.75, 3.05) is 19.8 Å². The Hall–Kier alpha value is -1.59. The van der Waals surface area contributed by atoms with Gasteiger partial charge in [0.1, 0.15) is 5.75 Å². The average molecular weight is 251 g/mol. The van der Waals surface area contributed by atoms with Crippen LogP contribution in [0.4, 0.5) is 4.79 Å². The molecule has 2 N–H and O–H groups in total. The molecule has 1 saturated heterocycles. The van der Waals surface area contributed by atoms with E-state index in [1.54, 1.807) is 24.3 Å². The molecule has 1 aliphatic rings. The Labute approximate surface area is 106 Å². The van der Waals surface area contributed by atoms with E-state index in [0.717, 1.165) is 0 Å². The van der Waals surface area contributed by atoms with Crippen LogP contribution in [0.15, 0.2) is 30.3 Å². The number of nitrogens with one attached hydrogen (secondary N) is 1. The van der Waals surface area contributed by atoms with Crippen LogP contribution in [0.3, 0.4) is 0 Å². The van der Waals surface area contributed by atoms with Crippen LogP contribution < -0.4 is 10.1 Å². The van der Waals surface area contributed by atoms with Crippen molar-refractivity contribution >= 4 is 6.09 Å². The highest BCUT2D eigenvalue weighted by molar-refractivity contribution is 5.70. The summed E-state index contributed by atoms with van der Waals surface area (Å²) in [5, 5.41) is 12.7. The van der Waals surface area contributed by atoms with Crippen molar-refractivity contribution in [2.24, 2.45) is 0 Å². The van der Waals surface area contributed by atoms with E-state index in [0.29, 0.717) is 31.8 Å². The third-order valence-corrected chi connectivity index (χ3v) is 2.94. The number of ether oxygens (including phenoxy) is 2. The van der Waals surface area contributed by atoms with E-state index < -0.39 is 11.7 Å². The monoisotopic (exact) mass is 251 g/mol. The standard InChI is InChI=1S/C13H17NO4/c15-12(18-11-4-2-1-3-5-11)14-10-13(16)6-8-17-9-7-13/h1-5,16H,6-10H2,(H,14,15). The molecule has 0 atom stereocenters. The number of hydrogen-bond acceptors (Lipinski definition) is 4. The molecule has 1 aliphatic heterocycles. The topological polar surface area (TPSA) is 67.8 Å². The molecule has 1 aromatic carbocycles. The summed E-state index contributed by atoms with van der Waals surface area (Å²) in [5.74, 6) is 0.481. The summed E-state index contributed by atoms with van der Waals surface area (Å²) in [6.07, 6.45) is 0.498. The van der Waals surface area contributed by atoms with Crippen LogP contribution in [-0.2, 0) is 4.74 Å². The largest absolute Gasteiger partial charge is 0.412 e. The third-order valence-electron chi connectivity index (χ3n) is 2.94. The molecule has 0 aromatic heterocycles. The lowest BCUT2D eigenvalue weighted by Gasteiger charge is -2.31. The van der Waals surface area contributed by atoms with E-state index in [1.807, 2.05) is 6.07 Å². The quantitative estimate of drug-likeness (QED) is 0.850. The molecule has 1 heterocycles. The summed E-state index contributed by atoms with van der Waals surface area (Å²) in [6.45, 7) is 1.22. The lowest BCUT2D eigenvalue weighted by Crippen LogP contribution is -2.47. The van der Waals surface area contributed by atoms with Crippen molar-refractivity contribution in [3.05, 3.63) is 30.3 Å². The van der Waals surface area contributed by atoms with Gasteiger partial charge >= 0.3 is 6.09 Å². The maximum Gasteiger partial charge on any atom is 0.412 e. The lowest BCUT2D eigenvalue weighted by atomic mass is 9.94. The van der Waals surface area contributed by atoms with E-state index >= 15 is 0 Å². The first-order valence-corrected chi connectivity index (χ1v) is 5.99. The molecule has 0 unspecified atom stereocenters. The molecule has 0 saturated carbocycles. The van der Waals surface area contributed by atoms with Crippen molar-refractivity contribution in [1.82, 2.24) is 5.32 Å². The maximum atomic E-state index is 11.5. The van der Waals surface area contributed by atoms with Crippen molar-refractivity contribution in [2.45, 2.75) is 18.4 Å². The highest BCUT2D eigenvalue weighted by Crippen LogP contribution is 2.19. The average Bonchev–Trinajstić information content (AvgIpc) is 2.39. The fourth-order valence-electron chi connectivity index (χ4n) is 1.80. The SMILES string of the molecule is O=C(NCC1(O)CCOCC1)Oc1ccccc1. The molecule has 18 heavy (non-hydrogen) atoms. The second-order valence-corrected chi connectivity index (χ2v) is 4.39. The van der Waals surface area contributed by atoms with Gasteiger partial charge in [-0.2, -0.15) is 0 Å².